The number of thioether (sulfide) groups is 1. The molecule has 2 atom stereocenters. The molecular formula is C9H17NO2S. The van der Waals surface area contributed by atoms with Crippen LogP contribution in [0.15, 0.2) is 0 Å². The van der Waals surface area contributed by atoms with Gasteiger partial charge in [0.2, 0.25) is 0 Å². The number of rotatable bonds is 1. The van der Waals surface area contributed by atoms with Crippen molar-refractivity contribution in [3.63, 3.8) is 0 Å². The van der Waals surface area contributed by atoms with E-state index in [0.717, 1.165) is 12.3 Å². The number of amides is 1. The maximum absolute atomic E-state index is 11.4. The van der Waals surface area contributed by atoms with E-state index in [0.29, 0.717) is 11.9 Å². The monoisotopic (exact) mass is 203 g/mol. The molecule has 0 aromatic carbocycles. The molecule has 1 fully saturated rings. The molecule has 4 heteroatoms. The van der Waals surface area contributed by atoms with Crippen LogP contribution >= 0.6 is 11.8 Å². The number of hydrogen-bond donors (Lipinski definition) is 0. The van der Waals surface area contributed by atoms with Crippen molar-refractivity contribution in [2.45, 2.75) is 32.1 Å². The van der Waals surface area contributed by atoms with E-state index in [1.807, 2.05) is 23.6 Å². The summed E-state index contributed by atoms with van der Waals surface area (Å²) in [6, 6.07) is 0.290. The van der Waals surface area contributed by atoms with E-state index in [9.17, 15) is 4.79 Å². The lowest BCUT2D eigenvalue weighted by molar-refractivity contribution is 0.0944. The van der Waals surface area contributed by atoms with Crippen LogP contribution in [0.3, 0.4) is 0 Å². The SMILES string of the molecule is CCOC(=O)N1CCSC(C)C1C. The van der Waals surface area contributed by atoms with Crippen molar-refractivity contribution in [1.82, 2.24) is 4.90 Å². The van der Waals surface area contributed by atoms with Crippen molar-refractivity contribution in [1.29, 1.82) is 0 Å². The Balaban J connectivity index is 2.52. The van der Waals surface area contributed by atoms with Gasteiger partial charge in [0.05, 0.1) is 6.61 Å². The van der Waals surface area contributed by atoms with Gasteiger partial charge in [0.15, 0.2) is 0 Å². The fourth-order valence-corrected chi connectivity index (χ4v) is 2.50. The molecule has 0 aliphatic carbocycles. The summed E-state index contributed by atoms with van der Waals surface area (Å²) < 4.78 is 4.98. The first-order valence-corrected chi connectivity index (χ1v) is 5.76. The van der Waals surface area contributed by atoms with Gasteiger partial charge in [0, 0.05) is 23.6 Å². The summed E-state index contributed by atoms with van der Waals surface area (Å²) in [6.45, 7) is 7.34. The van der Waals surface area contributed by atoms with Crippen LogP contribution in [0.2, 0.25) is 0 Å². The van der Waals surface area contributed by atoms with Gasteiger partial charge in [-0.1, -0.05) is 6.92 Å². The maximum atomic E-state index is 11.4. The Morgan fingerprint density at radius 3 is 2.92 bits per heavy atom. The molecular weight excluding hydrogens is 186 g/mol. The zero-order valence-electron chi connectivity index (χ0n) is 8.45. The number of nitrogens with zero attached hydrogens (tertiary/aromatic N) is 1. The molecule has 1 aliphatic rings. The van der Waals surface area contributed by atoms with E-state index in [4.69, 9.17) is 4.74 Å². The highest BCUT2D eigenvalue weighted by atomic mass is 32.2. The second-order valence-electron chi connectivity index (χ2n) is 3.21. The van der Waals surface area contributed by atoms with Gasteiger partial charge in [-0.15, -0.1) is 0 Å². The van der Waals surface area contributed by atoms with Crippen molar-refractivity contribution in [3.8, 4) is 0 Å². The fourth-order valence-electron chi connectivity index (χ4n) is 1.40. The highest BCUT2D eigenvalue weighted by Gasteiger charge is 2.29. The molecule has 1 rings (SSSR count). The molecule has 1 amide bonds. The van der Waals surface area contributed by atoms with E-state index < -0.39 is 0 Å². The lowest BCUT2D eigenvalue weighted by Crippen LogP contribution is -2.48. The summed E-state index contributed by atoms with van der Waals surface area (Å²) in [7, 11) is 0. The van der Waals surface area contributed by atoms with Gasteiger partial charge >= 0.3 is 6.09 Å². The maximum Gasteiger partial charge on any atom is 0.410 e. The Bertz CT molecular complexity index is 186. The first-order chi connectivity index (χ1) is 6.16. The van der Waals surface area contributed by atoms with Crippen LogP contribution in [-0.4, -0.2) is 41.2 Å². The molecule has 3 nitrogen and oxygen atoms in total. The molecule has 1 saturated heterocycles. The van der Waals surface area contributed by atoms with E-state index in [2.05, 4.69) is 13.8 Å². The highest BCUT2D eigenvalue weighted by Crippen LogP contribution is 2.24. The lowest BCUT2D eigenvalue weighted by Gasteiger charge is -2.36. The van der Waals surface area contributed by atoms with Crippen LogP contribution < -0.4 is 0 Å². The smallest absolute Gasteiger partial charge is 0.410 e. The minimum Gasteiger partial charge on any atom is -0.450 e. The fraction of sp³-hybridized carbons (Fsp3) is 0.889. The summed E-state index contributed by atoms with van der Waals surface area (Å²) in [5, 5.41) is 0.512. The van der Waals surface area contributed by atoms with Crippen LogP contribution in [0.25, 0.3) is 0 Å². The summed E-state index contributed by atoms with van der Waals surface area (Å²) in [5.74, 6) is 1.02. The molecule has 1 aliphatic heterocycles. The minimum atomic E-state index is -0.165. The predicted molar refractivity (Wildman–Crippen MR) is 55.1 cm³/mol. The first kappa shape index (κ1) is 10.7. The van der Waals surface area contributed by atoms with Gasteiger partial charge < -0.3 is 9.64 Å². The molecule has 0 N–H and O–H groups in total. The second kappa shape index (κ2) is 4.74. The Morgan fingerprint density at radius 2 is 2.31 bits per heavy atom. The zero-order valence-corrected chi connectivity index (χ0v) is 9.26. The second-order valence-corrected chi connectivity index (χ2v) is 4.69. The molecule has 0 spiro atoms. The molecule has 13 heavy (non-hydrogen) atoms. The number of carbonyl (C=O) groups is 1. The van der Waals surface area contributed by atoms with Gasteiger partial charge in [-0.05, 0) is 13.8 Å². The minimum absolute atomic E-state index is 0.165. The third-order valence-corrected chi connectivity index (χ3v) is 3.72. The third-order valence-electron chi connectivity index (χ3n) is 2.39. The van der Waals surface area contributed by atoms with Gasteiger partial charge in [0.1, 0.15) is 0 Å². The average Bonchev–Trinajstić information content (AvgIpc) is 2.10. The molecule has 0 saturated carbocycles. The van der Waals surface area contributed by atoms with Crippen LogP contribution in [0.5, 0.6) is 0 Å². The van der Waals surface area contributed by atoms with E-state index in [-0.39, 0.29) is 12.1 Å². The summed E-state index contributed by atoms with van der Waals surface area (Å²) in [5.41, 5.74) is 0. The van der Waals surface area contributed by atoms with Gasteiger partial charge in [0.25, 0.3) is 0 Å². The number of ether oxygens (including phenoxy) is 1. The quantitative estimate of drug-likeness (QED) is 0.652. The molecule has 0 radical (unpaired) electrons. The Hall–Kier alpha value is -0.380. The number of carbonyl (C=O) groups excluding carboxylic acids is 1. The first-order valence-electron chi connectivity index (χ1n) is 4.71. The molecule has 0 aromatic heterocycles. The third kappa shape index (κ3) is 2.53. The van der Waals surface area contributed by atoms with Crippen molar-refractivity contribution in [2.75, 3.05) is 18.9 Å². The van der Waals surface area contributed by atoms with E-state index >= 15 is 0 Å². The molecule has 2 unspecified atom stereocenters. The van der Waals surface area contributed by atoms with Crippen molar-refractivity contribution in [3.05, 3.63) is 0 Å². The van der Waals surface area contributed by atoms with Crippen molar-refractivity contribution >= 4 is 17.9 Å². The molecule has 76 valence electrons. The predicted octanol–water partition coefficient (Wildman–Crippen LogP) is 1.97. The van der Waals surface area contributed by atoms with Crippen molar-refractivity contribution < 1.29 is 9.53 Å². The molecule has 0 aromatic rings. The van der Waals surface area contributed by atoms with E-state index in [1.54, 1.807) is 0 Å². The Labute approximate surface area is 83.8 Å². The van der Waals surface area contributed by atoms with Crippen LogP contribution in [0.1, 0.15) is 20.8 Å². The topological polar surface area (TPSA) is 29.5 Å². The zero-order chi connectivity index (χ0) is 9.84. The Morgan fingerprint density at radius 1 is 1.62 bits per heavy atom. The number of hydrogen-bond acceptors (Lipinski definition) is 3. The van der Waals surface area contributed by atoms with Gasteiger partial charge in [-0.25, -0.2) is 4.79 Å². The highest BCUT2D eigenvalue weighted by molar-refractivity contribution is 8.00. The van der Waals surface area contributed by atoms with Crippen molar-refractivity contribution in [2.24, 2.45) is 0 Å². The van der Waals surface area contributed by atoms with Gasteiger partial charge in [-0.2, -0.15) is 11.8 Å². The lowest BCUT2D eigenvalue weighted by atomic mass is 10.2. The molecule has 0 bridgehead atoms. The summed E-state index contributed by atoms with van der Waals surface area (Å²) >= 11 is 1.92. The van der Waals surface area contributed by atoms with Gasteiger partial charge in [-0.3, -0.25) is 0 Å². The average molecular weight is 203 g/mol. The largest absolute Gasteiger partial charge is 0.450 e. The summed E-state index contributed by atoms with van der Waals surface area (Å²) in [6.07, 6.45) is -0.165. The Kier molecular flexibility index (Phi) is 3.90. The molecule has 1 heterocycles. The van der Waals surface area contributed by atoms with Crippen LogP contribution in [-0.2, 0) is 4.74 Å². The van der Waals surface area contributed by atoms with E-state index in [1.165, 1.54) is 0 Å². The normalized spacial score (nSPS) is 28.7. The van der Waals surface area contributed by atoms with Crippen LogP contribution in [0, 0.1) is 0 Å². The standard InChI is InChI=1S/C9H17NO2S/c1-4-12-9(11)10-5-6-13-8(3)7(10)2/h7-8H,4-6H2,1-3H3. The van der Waals surface area contributed by atoms with Crippen LogP contribution in [0.4, 0.5) is 4.79 Å². The summed E-state index contributed by atoms with van der Waals surface area (Å²) in [4.78, 5) is 13.3.